The Hall–Kier alpha value is -5.19. The van der Waals surface area contributed by atoms with Gasteiger partial charge in [0.25, 0.3) is 5.91 Å². The molecule has 0 saturated heterocycles. The molecule has 1 aliphatic heterocycles. The molecule has 4 aromatic rings. The van der Waals surface area contributed by atoms with Crippen molar-refractivity contribution in [2.45, 2.75) is 24.9 Å². The number of aromatic nitrogens is 1. The molecule has 0 saturated carbocycles. The summed E-state index contributed by atoms with van der Waals surface area (Å²) in [4.78, 5) is 42.1. The molecule has 2 atom stereocenters. The minimum absolute atomic E-state index is 0.0680. The second kappa shape index (κ2) is 11.5. The molecule has 5 rings (SSSR count). The van der Waals surface area contributed by atoms with Gasteiger partial charge in [-0.25, -0.2) is 13.2 Å². The monoisotopic (exact) mass is 559 g/mol. The predicted molar refractivity (Wildman–Crippen MR) is 146 cm³/mol. The smallest absolute Gasteiger partial charge is 0.251 e. The van der Waals surface area contributed by atoms with E-state index >= 15 is 0 Å². The van der Waals surface area contributed by atoms with Gasteiger partial charge in [0.1, 0.15) is 23.5 Å². The first kappa shape index (κ1) is 27.4. The van der Waals surface area contributed by atoms with Gasteiger partial charge in [-0.15, -0.1) is 0 Å². The minimum Gasteiger partial charge on any atom is -0.372 e. The molecule has 5 N–H and O–H groups in total. The summed E-state index contributed by atoms with van der Waals surface area (Å²) < 4.78 is 42.3. The molecule has 2 heterocycles. The lowest BCUT2D eigenvalue weighted by atomic mass is 9.94. The molecule has 1 aromatic heterocycles. The van der Waals surface area contributed by atoms with Crippen LogP contribution in [0.2, 0.25) is 0 Å². The molecule has 0 spiro atoms. The predicted octanol–water partition coefficient (Wildman–Crippen LogP) is 4.49. The molecular formula is C30H24F3N5O3. The number of nitrogens with one attached hydrogen (secondary N) is 3. The Morgan fingerprint density at radius 1 is 0.951 bits per heavy atom. The van der Waals surface area contributed by atoms with Crippen molar-refractivity contribution in [1.82, 2.24) is 10.3 Å². The Morgan fingerprint density at radius 3 is 2.41 bits per heavy atom. The third-order valence-electron chi connectivity index (χ3n) is 6.63. The fourth-order valence-electron chi connectivity index (χ4n) is 4.77. The van der Waals surface area contributed by atoms with Gasteiger partial charge in [-0.1, -0.05) is 24.3 Å². The number of pyridine rings is 1. The van der Waals surface area contributed by atoms with Crippen LogP contribution in [0.15, 0.2) is 79.0 Å². The van der Waals surface area contributed by atoms with Crippen LogP contribution in [0.5, 0.6) is 0 Å². The number of hydrogen-bond acceptors (Lipinski definition) is 5. The number of anilines is 2. The van der Waals surface area contributed by atoms with E-state index in [1.165, 1.54) is 18.3 Å². The molecule has 8 nitrogen and oxygen atoms in total. The highest BCUT2D eigenvalue weighted by Gasteiger charge is 2.29. The van der Waals surface area contributed by atoms with Gasteiger partial charge in [0.2, 0.25) is 11.8 Å². The number of nitrogens with two attached hydrogens (primary N) is 1. The molecule has 0 radical (unpaired) electrons. The van der Waals surface area contributed by atoms with Gasteiger partial charge in [0.05, 0.1) is 35.1 Å². The zero-order valence-corrected chi connectivity index (χ0v) is 21.5. The molecule has 0 fully saturated rings. The van der Waals surface area contributed by atoms with Crippen molar-refractivity contribution in [2.24, 2.45) is 5.73 Å². The van der Waals surface area contributed by atoms with Crippen LogP contribution >= 0.6 is 0 Å². The number of halogens is 3. The van der Waals surface area contributed by atoms with Gasteiger partial charge in [-0.3, -0.25) is 19.4 Å². The normalized spacial score (nSPS) is 14.8. The zero-order chi connectivity index (χ0) is 29.1. The fourth-order valence-corrected chi connectivity index (χ4v) is 4.77. The van der Waals surface area contributed by atoms with Crippen LogP contribution in [0.1, 0.15) is 34.1 Å². The zero-order valence-electron chi connectivity index (χ0n) is 21.5. The number of rotatable bonds is 8. The van der Waals surface area contributed by atoms with Gasteiger partial charge < -0.3 is 21.7 Å². The van der Waals surface area contributed by atoms with E-state index in [0.29, 0.717) is 28.2 Å². The number of hydrogen-bond donors (Lipinski definition) is 4. The molecule has 1 aliphatic rings. The van der Waals surface area contributed by atoms with Crippen molar-refractivity contribution in [3.63, 3.8) is 0 Å². The van der Waals surface area contributed by atoms with Gasteiger partial charge in [-0.05, 0) is 60.0 Å². The van der Waals surface area contributed by atoms with Crippen molar-refractivity contribution < 1.29 is 27.6 Å². The Balaban J connectivity index is 1.48. The SMILES string of the molecule is NC(=O)c1cc(-c2cccnc2C(Cc2cc(F)cc(F)c2)NC(=O)C[C@@H]2Nc3ccccc3NC2=O)ccc1F. The van der Waals surface area contributed by atoms with Crippen LogP contribution in [-0.4, -0.2) is 28.7 Å². The van der Waals surface area contributed by atoms with Crippen LogP contribution in [0, 0.1) is 17.5 Å². The number of para-hydroxylation sites is 2. The summed E-state index contributed by atoms with van der Waals surface area (Å²) in [5.74, 6) is -4.28. The Labute approximate surface area is 232 Å². The van der Waals surface area contributed by atoms with Crippen molar-refractivity contribution in [1.29, 1.82) is 0 Å². The highest BCUT2D eigenvalue weighted by Crippen LogP contribution is 2.31. The molecule has 11 heteroatoms. The molecule has 1 unspecified atom stereocenters. The van der Waals surface area contributed by atoms with Gasteiger partial charge in [0, 0.05) is 17.8 Å². The quantitative estimate of drug-likeness (QED) is 0.253. The van der Waals surface area contributed by atoms with Crippen LogP contribution in [0.3, 0.4) is 0 Å². The molecule has 0 bridgehead atoms. The number of fused-ring (bicyclic) bond motifs is 1. The summed E-state index contributed by atoms with van der Waals surface area (Å²) in [7, 11) is 0. The number of nitrogens with zero attached hydrogens (tertiary/aromatic N) is 1. The summed E-state index contributed by atoms with van der Waals surface area (Å²) in [6.07, 6.45) is 1.15. The van der Waals surface area contributed by atoms with Crippen LogP contribution < -0.4 is 21.7 Å². The number of benzene rings is 3. The standard InChI is InChI=1S/C30H24F3N5O3/c31-18-10-16(11-19(32)14-18)12-25(37-27(39)15-26-30(41)38-24-6-2-1-5-23(24)36-26)28-20(4-3-9-35-28)17-7-8-22(33)21(13-17)29(34)40/h1-11,13-14,25-26,36H,12,15H2,(H2,34,40)(H,37,39)(H,38,41)/t25?,26-/m0/s1. The van der Waals surface area contributed by atoms with E-state index in [0.717, 1.165) is 24.3 Å². The van der Waals surface area contributed by atoms with E-state index in [4.69, 9.17) is 5.73 Å². The molecule has 41 heavy (non-hydrogen) atoms. The van der Waals surface area contributed by atoms with Gasteiger partial charge in [0.15, 0.2) is 0 Å². The van der Waals surface area contributed by atoms with E-state index in [1.54, 1.807) is 36.4 Å². The van der Waals surface area contributed by atoms with Crippen LogP contribution in [0.4, 0.5) is 24.5 Å². The first-order chi connectivity index (χ1) is 19.7. The summed E-state index contributed by atoms with van der Waals surface area (Å²) in [6.45, 7) is 0. The van der Waals surface area contributed by atoms with Crippen LogP contribution in [-0.2, 0) is 16.0 Å². The average Bonchev–Trinajstić information content (AvgIpc) is 2.93. The highest BCUT2D eigenvalue weighted by molar-refractivity contribution is 6.04. The average molecular weight is 560 g/mol. The summed E-state index contributed by atoms with van der Waals surface area (Å²) >= 11 is 0. The second-order valence-corrected chi connectivity index (χ2v) is 9.53. The second-order valence-electron chi connectivity index (χ2n) is 9.53. The lowest BCUT2D eigenvalue weighted by Crippen LogP contribution is -2.43. The van der Waals surface area contributed by atoms with Crippen molar-refractivity contribution in [2.75, 3.05) is 10.6 Å². The first-order valence-electron chi connectivity index (χ1n) is 12.6. The number of carbonyl (C=O) groups excluding carboxylic acids is 3. The largest absolute Gasteiger partial charge is 0.372 e. The summed E-state index contributed by atoms with van der Waals surface area (Å²) in [6, 6.07) is 15.3. The molecule has 3 aromatic carbocycles. The molecular weight excluding hydrogens is 535 g/mol. The molecule has 208 valence electrons. The maximum Gasteiger partial charge on any atom is 0.251 e. The van der Waals surface area contributed by atoms with Crippen molar-refractivity contribution in [3.05, 3.63) is 113 Å². The molecule has 3 amide bonds. The lowest BCUT2D eigenvalue weighted by Gasteiger charge is -2.27. The number of amides is 3. The highest BCUT2D eigenvalue weighted by atomic mass is 19.1. The van der Waals surface area contributed by atoms with Gasteiger partial charge >= 0.3 is 0 Å². The van der Waals surface area contributed by atoms with E-state index in [-0.39, 0.29) is 24.0 Å². The van der Waals surface area contributed by atoms with Crippen LogP contribution in [0.25, 0.3) is 11.1 Å². The maximum absolute atomic E-state index is 14.2. The summed E-state index contributed by atoms with van der Waals surface area (Å²) in [5, 5.41) is 8.64. The van der Waals surface area contributed by atoms with E-state index in [9.17, 15) is 27.6 Å². The van der Waals surface area contributed by atoms with E-state index < -0.39 is 47.3 Å². The fraction of sp³-hybridized carbons (Fsp3) is 0.133. The van der Waals surface area contributed by atoms with Gasteiger partial charge in [-0.2, -0.15) is 0 Å². The summed E-state index contributed by atoms with van der Waals surface area (Å²) in [5.41, 5.74) is 7.59. The lowest BCUT2D eigenvalue weighted by molar-refractivity contribution is -0.125. The molecule has 0 aliphatic carbocycles. The maximum atomic E-state index is 14.2. The third-order valence-corrected chi connectivity index (χ3v) is 6.63. The topological polar surface area (TPSA) is 126 Å². The Bertz CT molecular complexity index is 1640. The van der Waals surface area contributed by atoms with Crippen molar-refractivity contribution >= 4 is 29.1 Å². The van der Waals surface area contributed by atoms with E-state index in [1.807, 2.05) is 0 Å². The Morgan fingerprint density at radius 2 is 1.68 bits per heavy atom. The first-order valence-corrected chi connectivity index (χ1v) is 12.6. The number of primary amides is 1. The number of carbonyl (C=O) groups is 3. The van der Waals surface area contributed by atoms with Crippen molar-refractivity contribution in [3.8, 4) is 11.1 Å². The van der Waals surface area contributed by atoms with E-state index in [2.05, 4.69) is 20.9 Å². The minimum atomic E-state index is -0.963. The third kappa shape index (κ3) is 6.19. The Kier molecular flexibility index (Phi) is 7.68.